The van der Waals surface area contributed by atoms with Crippen molar-refractivity contribution < 1.29 is 13.2 Å². The Morgan fingerprint density at radius 1 is 1.19 bits per heavy atom. The molecule has 1 aliphatic rings. The summed E-state index contributed by atoms with van der Waals surface area (Å²) in [5.74, 6) is -0.0691. The molecule has 0 heterocycles. The molecule has 1 atom stereocenters. The van der Waals surface area contributed by atoms with Crippen molar-refractivity contribution in [2.45, 2.75) is 57.4 Å². The van der Waals surface area contributed by atoms with Crippen molar-refractivity contribution >= 4 is 15.8 Å². The first-order chi connectivity index (χ1) is 9.72. The van der Waals surface area contributed by atoms with Crippen LogP contribution < -0.4 is 4.72 Å². The third-order valence-electron chi connectivity index (χ3n) is 4.38. The lowest BCUT2D eigenvalue weighted by molar-refractivity contribution is 0.101. The van der Waals surface area contributed by atoms with Crippen molar-refractivity contribution in [3.8, 4) is 0 Å². The summed E-state index contributed by atoms with van der Waals surface area (Å²) in [6, 6.07) is 6.07. The second kappa shape index (κ2) is 5.89. The highest BCUT2D eigenvalue weighted by Crippen LogP contribution is 2.36. The maximum Gasteiger partial charge on any atom is 0.240 e. The zero-order chi connectivity index (χ0) is 15.7. The summed E-state index contributed by atoms with van der Waals surface area (Å²) in [5, 5.41) is 0. The van der Waals surface area contributed by atoms with Gasteiger partial charge in [-0.1, -0.05) is 38.8 Å². The monoisotopic (exact) mass is 309 g/mol. The van der Waals surface area contributed by atoms with Gasteiger partial charge in [0.15, 0.2) is 5.78 Å². The van der Waals surface area contributed by atoms with Crippen LogP contribution >= 0.6 is 0 Å². The summed E-state index contributed by atoms with van der Waals surface area (Å²) in [4.78, 5) is 11.5. The summed E-state index contributed by atoms with van der Waals surface area (Å²) in [6.45, 7) is 5.68. The molecule has 1 fully saturated rings. The highest BCUT2D eigenvalue weighted by Gasteiger charge is 2.35. The zero-order valence-corrected chi connectivity index (χ0v) is 13.7. The number of benzene rings is 1. The highest BCUT2D eigenvalue weighted by molar-refractivity contribution is 7.89. The average molecular weight is 309 g/mol. The van der Waals surface area contributed by atoms with Gasteiger partial charge in [0.1, 0.15) is 0 Å². The third kappa shape index (κ3) is 3.71. The normalized spacial score (nSPS) is 22.0. The van der Waals surface area contributed by atoms with Crippen LogP contribution in [0.25, 0.3) is 0 Å². The smallest absolute Gasteiger partial charge is 0.240 e. The molecule has 2 rings (SSSR count). The molecular formula is C16H23NO3S. The van der Waals surface area contributed by atoms with Crippen LogP contribution in [0.3, 0.4) is 0 Å². The average Bonchev–Trinajstić information content (AvgIpc) is 2.41. The second-order valence-corrected chi connectivity index (χ2v) is 8.20. The van der Waals surface area contributed by atoms with E-state index in [1.807, 2.05) is 0 Å². The number of carbonyl (C=O) groups excluding carboxylic acids is 1. The fraction of sp³-hybridized carbons (Fsp3) is 0.562. The van der Waals surface area contributed by atoms with Gasteiger partial charge in [0.2, 0.25) is 10.0 Å². The van der Waals surface area contributed by atoms with Crippen molar-refractivity contribution in [2.75, 3.05) is 0 Å². The number of sulfonamides is 1. The topological polar surface area (TPSA) is 63.2 Å². The maximum absolute atomic E-state index is 12.5. The Kier molecular flexibility index (Phi) is 4.54. The minimum absolute atomic E-state index is 0.0232. The molecule has 0 amide bonds. The van der Waals surface area contributed by atoms with E-state index in [9.17, 15) is 13.2 Å². The van der Waals surface area contributed by atoms with Gasteiger partial charge in [0, 0.05) is 11.6 Å². The van der Waals surface area contributed by atoms with Crippen LogP contribution in [0, 0.1) is 5.41 Å². The molecule has 1 aromatic rings. The Morgan fingerprint density at radius 2 is 1.81 bits per heavy atom. The van der Waals surface area contributed by atoms with Gasteiger partial charge in [-0.2, -0.15) is 0 Å². The molecule has 1 saturated carbocycles. The van der Waals surface area contributed by atoms with Crippen molar-refractivity contribution in [1.29, 1.82) is 0 Å². The number of carbonyl (C=O) groups is 1. The first-order valence-corrected chi connectivity index (χ1v) is 8.84. The fourth-order valence-electron chi connectivity index (χ4n) is 2.84. The zero-order valence-electron chi connectivity index (χ0n) is 12.8. The van der Waals surface area contributed by atoms with Crippen LogP contribution in [-0.2, 0) is 10.0 Å². The van der Waals surface area contributed by atoms with Gasteiger partial charge in [0.25, 0.3) is 0 Å². The first kappa shape index (κ1) is 16.2. The van der Waals surface area contributed by atoms with Gasteiger partial charge < -0.3 is 0 Å². The predicted molar refractivity (Wildman–Crippen MR) is 82.8 cm³/mol. The van der Waals surface area contributed by atoms with E-state index in [0.29, 0.717) is 5.56 Å². The molecule has 0 radical (unpaired) electrons. The molecular weight excluding hydrogens is 286 g/mol. The van der Waals surface area contributed by atoms with Crippen LogP contribution in [-0.4, -0.2) is 20.2 Å². The van der Waals surface area contributed by atoms with E-state index in [2.05, 4.69) is 18.6 Å². The quantitative estimate of drug-likeness (QED) is 0.869. The Morgan fingerprint density at radius 3 is 2.33 bits per heavy atom. The molecule has 0 bridgehead atoms. The molecule has 116 valence electrons. The second-order valence-electron chi connectivity index (χ2n) is 6.49. The lowest BCUT2D eigenvalue weighted by Crippen LogP contribution is -2.46. The van der Waals surface area contributed by atoms with Crippen LogP contribution in [0.1, 0.15) is 56.8 Å². The van der Waals surface area contributed by atoms with E-state index in [0.717, 1.165) is 25.7 Å². The molecule has 0 aromatic heterocycles. The van der Waals surface area contributed by atoms with Gasteiger partial charge in [0.05, 0.1) is 4.90 Å². The summed E-state index contributed by atoms with van der Waals surface area (Å²) in [5.41, 5.74) is 0.497. The van der Waals surface area contributed by atoms with E-state index < -0.39 is 10.0 Å². The van der Waals surface area contributed by atoms with Crippen LogP contribution in [0.4, 0.5) is 0 Å². The predicted octanol–water partition coefficient (Wildman–Crippen LogP) is 3.14. The van der Waals surface area contributed by atoms with E-state index in [1.165, 1.54) is 19.1 Å². The van der Waals surface area contributed by atoms with Crippen molar-refractivity contribution in [2.24, 2.45) is 5.41 Å². The molecule has 1 N–H and O–H groups in total. The molecule has 1 unspecified atom stereocenters. The van der Waals surface area contributed by atoms with E-state index >= 15 is 0 Å². The SMILES string of the molecule is CC(=O)c1ccc(S(=O)(=O)NC2CCCCC2(C)C)cc1. The van der Waals surface area contributed by atoms with Gasteiger partial charge in [-0.15, -0.1) is 0 Å². The van der Waals surface area contributed by atoms with Crippen LogP contribution in [0.5, 0.6) is 0 Å². The molecule has 21 heavy (non-hydrogen) atoms. The third-order valence-corrected chi connectivity index (χ3v) is 5.86. The standard InChI is InChI=1S/C16H23NO3S/c1-12(18)13-7-9-14(10-8-13)21(19,20)17-15-6-4-5-11-16(15,2)3/h7-10,15,17H,4-6,11H2,1-3H3. The van der Waals surface area contributed by atoms with E-state index in [4.69, 9.17) is 0 Å². The first-order valence-electron chi connectivity index (χ1n) is 7.36. The minimum atomic E-state index is -3.53. The molecule has 0 aliphatic heterocycles. The van der Waals surface area contributed by atoms with Crippen molar-refractivity contribution in [1.82, 2.24) is 4.72 Å². The summed E-state index contributed by atoms with van der Waals surface area (Å²) in [7, 11) is -3.53. The largest absolute Gasteiger partial charge is 0.295 e. The molecule has 0 saturated heterocycles. The number of hydrogen-bond donors (Lipinski definition) is 1. The summed E-state index contributed by atoms with van der Waals surface area (Å²) < 4.78 is 27.8. The highest BCUT2D eigenvalue weighted by atomic mass is 32.2. The van der Waals surface area contributed by atoms with Gasteiger partial charge in [-0.25, -0.2) is 13.1 Å². The number of nitrogens with one attached hydrogen (secondary N) is 1. The van der Waals surface area contributed by atoms with Crippen molar-refractivity contribution in [3.63, 3.8) is 0 Å². The van der Waals surface area contributed by atoms with Crippen LogP contribution in [0.15, 0.2) is 29.2 Å². The Bertz CT molecular complexity index is 617. The Labute approximate surface area is 127 Å². The number of Topliss-reactive ketones (excluding diaryl/α,β-unsaturated/α-hetero) is 1. The maximum atomic E-state index is 12.5. The molecule has 4 nitrogen and oxygen atoms in total. The van der Waals surface area contributed by atoms with Gasteiger partial charge in [-0.3, -0.25) is 4.79 Å². The molecule has 0 spiro atoms. The number of hydrogen-bond acceptors (Lipinski definition) is 3. The van der Waals surface area contributed by atoms with Crippen LogP contribution in [0.2, 0.25) is 0 Å². The lowest BCUT2D eigenvalue weighted by Gasteiger charge is -2.38. The summed E-state index contributed by atoms with van der Waals surface area (Å²) in [6.07, 6.45) is 4.11. The van der Waals surface area contributed by atoms with E-state index in [-0.39, 0.29) is 22.1 Å². The number of ketones is 1. The molecule has 1 aliphatic carbocycles. The fourth-order valence-corrected chi connectivity index (χ4v) is 4.28. The minimum Gasteiger partial charge on any atom is -0.295 e. The van der Waals surface area contributed by atoms with Gasteiger partial charge in [-0.05, 0) is 37.3 Å². The molecule has 5 heteroatoms. The van der Waals surface area contributed by atoms with Crippen molar-refractivity contribution in [3.05, 3.63) is 29.8 Å². The Hall–Kier alpha value is -1.20. The number of rotatable bonds is 4. The van der Waals surface area contributed by atoms with E-state index in [1.54, 1.807) is 12.1 Å². The summed E-state index contributed by atoms with van der Waals surface area (Å²) >= 11 is 0. The lowest BCUT2D eigenvalue weighted by atomic mass is 9.74. The Balaban J connectivity index is 2.20. The molecule has 1 aromatic carbocycles. The van der Waals surface area contributed by atoms with Gasteiger partial charge >= 0.3 is 0 Å².